The molecule has 26 heavy (non-hydrogen) atoms. The van der Waals surface area contributed by atoms with E-state index in [4.69, 9.17) is 0 Å². The van der Waals surface area contributed by atoms with Gasteiger partial charge in [-0.2, -0.15) is 0 Å². The van der Waals surface area contributed by atoms with Crippen LogP contribution < -0.4 is 5.32 Å². The second-order valence-electron chi connectivity index (χ2n) is 7.61. The zero-order valence-corrected chi connectivity index (χ0v) is 17.3. The Labute approximate surface area is 162 Å². The van der Waals surface area contributed by atoms with Gasteiger partial charge in [0, 0.05) is 24.8 Å². The predicted molar refractivity (Wildman–Crippen MR) is 107 cm³/mol. The molecule has 2 unspecified atom stereocenters. The summed E-state index contributed by atoms with van der Waals surface area (Å²) in [6, 6.07) is 8.33. The highest BCUT2D eigenvalue weighted by Gasteiger charge is 2.52. The molecule has 2 fully saturated rings. The first-order valence-corrected chi connectivity index (χ1v) is 10.9. The van der Waals surface area contributed by atoms with Gasteiger partial charge in [-0.25, -0.2) is 8.42 Å². The van der Waals surface area contributed by atoms with E-state index in [0.717, 1.165) is 6.42 Å². The van der Waals surface area contributed by atoms with E-state index in [1.165, 1.54) is 17.4 Å². The Bertz CT molecular complexity index is 760. The molecule has 0 aromatic heterocycles. The third-order valence-electron chi connectivity index (χ3n) is 5.97. The molecule has 5 nitrogen and oxygen atoms in total. The van der Waals surface area contributed by atoms with Gasteiger partial charge in [-0.3, -0.25) is 4.79 Å². The fraction of sp³-hybridized carbons (Fsp3) is 0.632. The lowest BCUT2D eigenvalue weighted by Gasteiger charge is -2.38. The van der Waals surface area contributed by atoms with E-state index in [0.29, 0.717) is 32.5 Å². The maximum Gasteiger partial charge on any atom is 0.244 e. The topological polar surface area (TPSA) is 66.5 Å². The van der Waals surface area contributed by atoms with Crippen molar-refractivity contribution >= 4 is 28.2 Å². The summed E-state index contributed by atoms with van der Waals surface area (Å²) in [4.78, 5) is 15.2. The zero-order valence-electron chi connectivity index (χ0n) is 15.7. The molecule has 0 aliphatic carbocycles. The number of rotatable bonds is 3. The van der Waals surface area contributed by atoms with Gasteiger partial charge >= 0.3 is 0 Å². The Morgan fingerprint density at radius 1 is 1.23 bits per heavy atom. The summed E-state index contributed by atoms with van der Waals surface area (Å²) in [6.07, 6.45) is 2.83. The van der Waals surface area contributed by atoms with E-state index in [9.17, 15) is 13.2 Å². The number of nitrogens with zero attached hydrogens (tertiary/aromatic N) is 1. The lowest BCUT2D eigenvalue weighted by Crippen LogP contribution is -2.58. The number of hydrogen-bond donors (Lipinski definition) is 1. The normalized spacial score (nSPS) is 25.6. The van der Waals surface area contributed by atoms with Crippen molar-refractivity contribution in [2.45, 2.75) is 49.8 Å². The van der Waals surface area contributed by atoms with Crippen molar-refractivity contribution in [1.29, 1.82) is 0 Å². The third-order valence-corrected chi connectivity index (χ3v) is 7.98. The smallest absolute Gasteiger partial charge is 0.244 e. The van der Waals surface area contributed by atoms with Crippen LogP contribution in [0.4, 0.5) is 0 Å². The van der Waals surface area contributed by atoms with E-state index in [1.807, 2.05) is 24.0 Å². The number of amides is 1. The van der Waals surface area contributed by atoms with Crippen LogP contribution in [0, 0.1) is 6.92 Å². The number of likely N-dealkylation sites (tertiary alicyclic amines) is 1. The van der Waals surface area contributed by atoms with E-state index < -0.39 is 14.6 Å². The lowest BCUT2D eigenvalue weighted by molar-refractivity contribution is -0.135. The van der Waals surface area contributed by atoms with Crippen molar-refractivity contribution in [3.63, 3.8) is 0 Å². The molecule has 2 heterocycles. The molecule has 0 saturated carbocycles. The minimum absolute atomic E-state index is 0. The van der Waals surface area contributed by atoms with Gasteiger partial charge in [0.2, 0.25) is 5.91 Å². The third kappa shape index (κ3) is 3.64. The Balaban J connectivity index is 0.00000243. The van der Waals surface area contributed by atoms with Crippen LogP contribution in [0.25, 0.3) is 0 Å². The highest BCUT2D eigenvalue weighted by molar-refractivity contribution is 7.92. The van der Waals surface area contributed by atoms with Gasteiger partial charge in [0.1, 0.15) is 0 Å². The Kier molecular flexibility index (Phi) is 6.41. The molecule has 3 rings (SSSR count). The second-order valence-corrected chi connectivity index (χ2v) is 9.94. The second kappa shape index (κ2) is 7.87. The molecule has 1 amide bonds. The zero-order chi connectivity index (χ0) is 18.2. The number of aryl methyl sites for hydroxylation is 1. The molecule has 1 aromatic rings. The lowest BCUT2D eigenvalue weighted by atomic mass is 9.93. The van der Waals surface area contributed by atoms with Crippen molar-refractivity contribution in [3.05, 3.63) is 35.4 Å². The monoisotopic (exact) mass is 400 g/mol. The average Bonchev–Trinajstić information content (AvgIpc) is 2.95. The van der Waals surface area contributed by atoms with E-state index in [2.05, 4.69) is 24.4 Å². The number of carbonyl (C=O) groups is 1. The van der Waals surface area contributed by atoms with Gasteiger partial charge in [-0.05, 0) is 57.3 Å². The largest absolute Gasteiger partial charge is 0.338 e. The number of carbonyl (C=O) groups excluding carboxylic acids is 1. The average molecular weight is 401 g/mol. The number of hydrogen-bond acceptors (Lipinski definition) is 4. The van der Waals surface area contributed by atoms with Crippen LogP contribution in [0.3, 0.4) is 0 Å². The number of sulfone groups is 1. The number of nitrogens with one attached hydrogen (secondary N) is 1. The summed E-state index contributed by atoms with van der Waals surface area (Å²) in [6.45, 7) is 5.88. The molecule has 146 valence electrons. The van der Waals surface area contributed by atoms with Crippen molar-refractivity contribution in [2.75, 3.05) is 25.9 Å². The van der Waals surface area contributed by atoms with Crippen molar-refractivity contribution < 1.29 is 13.2 Å². The highest BCUT2D eigenvalue weighted by atomic mass is 35.5. The summed E-state index contributed by atoms with van der Waals surface area (Å²) in [5, 5.41) is 3.18. The summed E-state index contributed by atoms with van der Waals surface area (Å²) in [5.74, 6) is 0.0820. The molecule has 7 heteroatoms. The van der Waals surface area contributed by atoms with Gasteiger partial charge < -0.3 is 10.2 Å². The fourth-order valence-corrected chi connectivity index (χ4v) is 5.80. The summed E-state index contributed by atoms with van der Waals surface area (Å²) in [5.41, 5.74) is 2.50. The first-order chi connectivity index (χ1) is 11.8. The molecular formula is C19H29ClN2O3S. The molecule has 2 saturated heterocycles. The molecule has 1 N–H and O–H groups in total. The number of benzene rings is 1. The standard InChI is InChI=1S/C19H28N2O3S.ClH/c1-14-6-4-5-7-17(14)16-12-15(2)21(13-16)18(22)19(25(3,23)24)8-10-20-11-9-19;/h4-7,15-16,20H,8-13H2,1-3H3;1H. The van der Waals surface area contributed by atoms with Gasteiger partial charge in [0.15, 0.2) is 14.6 Å². The minimum atomic E-state index is -3.47. The number of piperidine rings is 1. The van der Waals surface area contributed by atoms with Crippen LogP contribution in [-0.2, 0) is 14.6 Å². The molecule has 2 atom stereocenters. The van der Waals surface area contributed by atoms with E-state index in [1.54, 1.807) is 0 Å². The van der Waals surface area contributed by atoms with Crippen LogP contribution in [0.1, 0.15) is 43.2 Å². The summed E-state index contributed by atoms with van der Waals surface area (Å²) < 4.78 is 23.8. The van der Waals surface area contributed by atoms with Gasteiger partial charge in [-0.1, -0.05) is 24.3 Å². The van der Waals surface area contributed by atoms with Crippen LogP contribution >= 0.6 is 12.4 Å². The Morgan fingerprint density at radius 3 is 2.42 bits per heavy atom. The van der Waals surface area contributed by atoms with Crippen LogP contribution in [0.15, 0.2) is 24.3 Å². The Morgan fingerprint density at radius 2 is 1.85 bits per heavy atom. The van der Waals surface area contributed by atoms with Crippen molar-refractivity contribution in [1.82, 2.24) is 10.2 Å². The molecule has 0 spiro atoms. The van der Waals surface area contributed by atoms with Gasteiger partial charge in [-0.15, -0.1) is 12.4 Å². The maximum atomic E-state index is 13.4. The predicted octanol–water partition coefficient (Wildman–Crippen LogP) is 2.29. The van der Waals surface area contributed by atoms with E-state index >= 15 is 0 Å². The van der Waals surface area contributed by atoms with Crippen molar-refractivity contribution in [3.8, 4) is 0 Å². The summed E-state index contributed by atoms with van der Waals surface area (Å²) >= 11 is 0. The quantitative estimate of drug-likeness (QED) is 0.845. The summed E-state index contributed by atoms with van der Waals surface area (Å²) in [7, 11) is -3.47. The SMILES string of the molecule is Cc1ccccc1C1CC(C)N(C(=O)C2(S(C)(=O)=O)CCNCC2)C1.Cl. The molecule has 0 radical (unpaired) electrons. The first-order valence-electron chi connectivity index (χ1n) is 9.03. The highest BCUT2D eigenvalue weighted by Crippen LogP contribution is 2.38. The fourth-order valence-electron chi connectivity index (χ4n) is 4.42. The maximum absolute atomic E-state index is 13.4. The minimum Gasteiger partial charge on any atom is -0.338 e. The molecular weight excluding hydrogens is 372 g/mol. The number of halogens is 1. The molecule has 2 aliphatic heterocycles. The molecule has 1 aromatic carbocycles. The van der Waals surface area contributed by atoms with Gasteiger partial charge in [0.25, 0.3) is 0 Å². The van der Waals surface area contributed by atoms with Crippen LogP contribution in [-0.4, -0.2) is 55.9 Å². The molecule has 2 aliphatic rings. The van der Waals surface area contributed by atoms with Crippen LogP contribution in [0.2, 0.25) is 0 Å². The Hall–Kier alpha value is -1.11. The van der Waals surface area contributed by atoms with Gasteiger partial charge in [0.05, 0.1) is 0 Å². The van der Waals surface area contributed by atoms with E-state index in [-0.39, 0.29) is 30.3 Å². The molecule has 0 bridgehead atoms. The van der Waals surface area contributed by atoms with Crippen molar-refractivity contribution in [2.24, 2.45) is 0 Å². The van der Waals surface area contributed by atoms with Crippen LogP contribution in [0.5, 0.6) is 0 Å². The first kappa shape index (κ1) is 21.2.